The first kappa shape index (κ1) is 19.0. The van der Waals surface area contributed by atoms with Crippen LogP contribution in [0.1, 0.15) is 5.56 Å². The van der Waals surface area contributed by atoms with Gasteiger partial charge >= 0.3 is 0 Å². The van der Waals surface area contributed by atoms with Gasteiger partial charge in [-0.15, -0.1) is 0 Å². The Bertz CT molecular complexity index is 884. The Morgan fingerprint density at radius 1 is 0.926 bits per heavy atom. The Hall–Kier alpha value is -2.82. The van der Waals surface area contributed by atoms with Crippen LogP contribution in [-0.2, 0) is 11.2 Å². The Morgan fingerprint density at radius 3 is 2.52 bits per heavy atom. The Labute approximate surface area is 164 Å². The Morgan fingerprint density at radius 2 is 1.70 bits per heavy atom. The van der Waals surface area contributed by atoms with Gasteiger partial charge in [-0.25, -0.2) is 0 Å². The molecule has 0 fully saturated rings. The van der Waals surface area contributed by atoms with Crippen LogP contribution in [0.15, 0.2) is 78.9 Å². The first-order chi connectivity index (χ1) is 13.2. The molecular weight excluding hydrogens is 360 g/mol. The van der Waals surface area contributed by atoms with E-state index in [0.29, 0.717) is 18.0 Å². The number of para-hydroxylation sites is 3. The number of amides is 1. The molecule has 3 aromatic rings. The summed E-state index contributed by atoms with van der Waals surface area (Å²) in [6.07, 6.45) is 0.807. The van der Waals surface area contributed by atoms with E-state index in [1.807, 2.05) is 78.9 Å². The largest absolute Gasteiger partial charge is 0.455 e. The molecule has 0 heterocycles. The fourth-order valence-corrected chi connectivity index (χ4v) is 2.81. The Kier molecular flexibility index (Phi) is 6.85. The second-order valence-corrected chi connectivity index (χ2v) is 6.45. The van der Waals surface area contributed by atoms with Crippen molar-refractivity contribution in [3.8, 4) is 11.5 Å². The van der Waals surface area contributed by atoms with Crippen LogP contribution in [0.2, 0.25) is 5.02 Å². The van der Waals surface area contributed by atoms with Gasteiger partial charge in [-0.1, -0.05) is 54.1 Å². The van der Waals surface area contributed by atoms with E-state index in [4.69, 9.17) is 16.3 Å². The number of halogens is 1. The minimum absolute atomic E-state index is 0.120. The number of nitrogens with one attached hydrogen (secondary N) is 2. The maximum atomic E-state index is 12.2. The van der Waals surface area contributed by atoms with E-state index in [9.17, 15) is 4.79 Å². The van der Waals surface area contributed by atoms with E-state index in [2.05, 4.69) is 10.6 Å². The maximum Gasteiger partial charge on any atom is 0.238 e. The normalized spacial score (nSPS) is 10.4. The minimum Gasteiger partial charge on any atom is -0.455 e. The van der Waals surface area contributed by atoms with E-state index in [1.165, 1.54) is 0 Å². The third-order valence-corrected chi connectivity index (χ3v) is 4.13. The lowest BCUT2D eigenvalue weighted by Crippen LogP contribution is -2.29. The number of hydrogen-bond donors (Lipinski definition) is 2. The molecular formula is C22H21ClN2O2. The fraction of sp³-hybridized carbons (Fsp3) is 0.136. The van der Waals surface area contributed by atoms with Crippen molar-refractivity contribution in [1.82, 2.24) is 5.32 Å². The van der Waals surface area contributed by atoms with Gasteiger partial charge in [-0.3, -0.25) is 4.79 Å². The molecule has 0 radical (unpaired) electrons. The van der Waals surface area contributed by atoms with Gasteiger partial charge in [-0.2, -0.15) is 0 Å². The molecule has 138 valence electrons. The molecule has 0 aliphatic rings. The highest BCUT2D eigenvalue weighted by Crippen LogP contribution is 2.28. The predicted octanol–water partition coefficient (Wildman–Crippen LogP) is 4.90. The third-order valence-electron chi connectivity index (χ3n) is 3.90. The van der Waals surface area contributed by atoms with E-state index in [-0.39, 0.29) is 12.5 Å². The summed E-state index contributed by atoms with van der Waals surface area (Å²) in [6, 6.07) is 24.6. The molecule has 0 spiro atoms. The topological polar surface area (TPSA) is 50.4 Å². The smallest absolute Gasteiger partial charge is 0.238 e. The van der Waals surface area contributed by atoms with Crippen LogP contribution in [0, 0.1) is 0 Å². The molecule has 3 aromatic carbocycles. The molecule has 0 atom stereocenters. The van der Waals surface area contributed by atoms with Crippen LogP contribution in [-0.4, -0.2) is 19.0 Å². The number of carbonyl (C=O) groups excluding carboxylic acids is 1. The summed E-state index contributed by atoms with van der Waals surface area (Å²) in [7, 11) is 0. The van der Waals surface area contributed by atoms with E-state index >= 15 is 0 Å². The average Bonchev–Trinajstić information content (AvgIpc) is 2.68. The van der Waals surface area contributed by atoms with Gasteiger partial charge in [0.15, 0.2) is 5.75 Å². The van der Waals surface area contributed by atoms with E-state index < -0.39 is 0 Å². The van der Waals surface area contributed by atoms with Gasteiger partial charge in [0.05, 0.1) is 12.2 Å². The van der Waals surface area contributed by atoms with Gasteiger partial charge in [0.1, 0.15) is 5.75 Å². The quantitative estimate of drug-likeness (QED) is 0.546. The highest BCUT2D eigenvalue weighted by molar-refractivity contribution is 6.30. The van der Waals surface area contributed by atoms with Crippen LogP contribution >= 0.6 is 11.6 Å². The third kappa shape index (κ3) is 6.13. The summed E-state index contributed by atoms with van der Waals surface area (Å²) in [6.45, 7) is 0.913. The molecule has 2 N–H and O–H groups in total. The number of hydrogen-bond acceptors (Lipinski definition) is 3. The molecule has 1 amide bonds. The lowest BCUT2D eigenvalue weighted by Gasteiger charge is -2.12. The second kappa shape index (κ2) is 9.76. The molecule has 3 rings (SSSR count). The van der Waals surface area contributed by atoms with Gasteiger partial charge in [0, 0.05) is 5.02 Å². The summed E-state index contributed by atoms with van der Waals surface area (Å²) in [4.78, 5) is 12.2. The molecule has 0 aliphatic carbocycles. The summed E-state index contributed by atoms with van der Waals surface area (Å²) in [5.41, 5.74) is 1.78. The highest BCUT2D eigenvalue weighted by atomic mass is 35.5. The minimum atomic E-state index is -0.120. The summed E-state index contributed by atoms with van der Waals surface area (Å²) in [5, 5.41) is 6.76. The lowest BCUT2D eigenvalue weighted by molar-refractivity contribution is -0.115. The van der Waals surface area contributed by atoms with Crippen LogP contribution in [0.5, 0.6) is 11.5 Å². The van der Waals surface area contributed by atoms with Crippen molar-refractivity contribution in [2.24, 2.45) is 0 Å². The number of ether oxygens (including phenoxy) is 1. The van der Waals surface area contributed by atoms with Crippen molar-refractivity contribution in [2.75, 3.05) is 18.4 Å². The molecule has 0 saturated heterocycles. The molecule has 4 nitrogen and oxygen atoms in total. The first-order valence-electron chi connectivity index (χ1n) is 8.77. The monoisotopic (exact) mass is 380 g/mol. The average molecular weight is 381 g/mol. The zero-order valence-corrected chi connectivity index (χ0v) is 15.6. The molecule has 27 heavy (non-hydrogen) atoms. The standard InChI is InChI=1S/C22H21ClN2O2/c23-18-8-6-7-17(15-18)13-14-24-16-22(26)25-20-11-4-5-12-21(20)27-19-9-2-1-3-10-19/h1-12,15,24H,13-14,16H2,(H,25,26). The number of carbonyl (C=O) groups is 1. The summed E-state index contributed by atoms with van der Waals surface area (Å²) < 4.78 is 5.86. The maximum absolute atomic E-state index is 12.2. The number of benzene rings is 3. The molecule has 0 unspecified atom stereocenters. The van der Waals surface area contributed by atoms with Crippen molar-refractivity contribution in [1.29, 1.82) is 0 Å². The van der Waals surface area contributed by atoms with Gasteiger partial charge in [0.2, 0.25) is 5.91 Å². The Balaban J connectivity index is 1.49. The molecule has 0 aromatic heterocycles. The zero-order chi connectivity index (χ0) is 18.9. The van der Waals surface area contributed by atoms with Crippen LogP contribution < -0.4 is 15.4 Å². The molecule has 5 heteroatoms. The van der Waals surface area contributed by atoms with Gasteiger partial charge < -0.3 is 15.4 Å². The van der Waals surface area contributed by atoms with Gasteiger partial charge in [-0.05, 0) is 54.9 Å². The number of rotatable bonds is 8. The van der Waals surface area contributed by atoms with Gasteiger partial charge in [0.25, 0.3) is 0 Å². The summed E-state index contributed by atoms with van der Waals surface area (Å²) >= 11 is 5.97. The van der Waals surface area contributed by atoms with Crippen LogP contribution in [0.25, 0.3) is 0 Å². The van der Waals surface area contributed by atoms with E-state index in [1.54, 1.807) is 0 Å². The SMILES string of the molecule is O=C(CNCCc1cccc(Cl)c1)Nc1ccccc1Oc1ccccc1. The number of anilines is 1. The summed E-state index contributed by atoms with van der Waals surface area (Å²) in [5.74, 6) is 1.21. The van der Waals surface area contributed by atoms with Crippen LogP contribution in [0.3, 0.4) is 0 Å². The van der Waals surface area contributed by atoms with Crippen molar-refractivity contribution in [3.05, 3.63) is 89.4 Å². The second-order valence-electron chi connectivity index (χ2n) is 6.02. The lowest BCUT2D eigenvalue weighted by atomic mass is 10.1. The molecule has 0 aliphatic heterocycles. The van der Waals surface area contributed by atoms with Crippen LogP contribution in [0.4, 0.5) is 5.69 Å². The van der Waals surface area contributed by atoms with E-state index in [0.717, 1.165) is 22.8 Å². The predicted molar refractivity (Wildman–Crippen MR) is 110 cm³/mol. The molecule has 0 bridgehead atoms. The molecule has 0 saturated carbocycles. The highest BCUT2D eigenvalue weighted by Gasteiger charge is 2.08. The fourth-order valence-electron chi connectivity index (χ4n) is 2.60. The van der Waals surface area contributed by atoms with Crippen molar-refractivity contribution >= 4 is 23.2 Å². The van der Waals surface area contributed by atoms with Crippen molar-refractivity contribution in [3.63, 3.8) is 0 Å². The van der Waals surface area contributed by atoms with Crippen molar-refractivity contribution in [2.45, 2.75) is 6.42 Å². The van der Waals surface area contributed by atoms with Crippen molar-refractivity contribution < 1.29 is 9.53 Å². The zero-order valence-electron chi connectivity index (χ0n) is 14.8. The first-order valence-corrected chi connectivity index (χ1v) is 9.15.